The summed E-state index contributed by atoms with van der Waals surface area (Å²) in [6, 6.07) is 10.4. The highest BCUT2D eigenvalue weighted by Crippen LogP contribution is 2.23. The Hall–Kier alpha value is -2.58. The summed E-state index contributed by atoms with van der Waals surface area (Å²) in [5.41, 5.74) is 0.285. The molecule has 0 aliphatic rings. The number of benzene rings is 2. The fourth-order valence-electron chi connectivity index (χ4n) is 2.03. The number of ether oxygens (including phenoxy) is 2. The van der Waals surface area contributed by atoms with Gasteiger partial charge in [-0.2, -0.15) is 0 Å². The lowest BCUT2D eigenvalue weighted by Crippen LogP contribution is -2.21. The molecule has 7 nitrogen and oxygen atoms in total. The first kappa shape index (κ1) is 19.7. The van der Waals surface area contributed by atoms with Crippen molar-refractivity contribution in [2.24, 2.45) is 0 Å². The zero-order valence-electron chi connectivity index (χ0n) is 14.0. The van der Waals surface area contributed by atoms with Crippen molar-refractivity contribution >= 4 is 39.0 Å². The Morgan fingerprint density at radius 3 is 2.50 bits per heavy atom. The van der Waals surface area contributed by atoms with Crippen LogP contribution in [0.2, 0.25) is 5.02 Å². The Labute approximate surface area is 155 Å². The van der Waals surface area contributed by atoms with Crippen molar-refractivity contribution < 1.29 is 27.5 Å². The van der Waals surface area contributed by atoms with E-state index in [1.54, 1.807) is 24.3 Å². The summed E-state index contributed by atoms with van der Waals surface area (Å²) in [4.78, 5) is 24.0. The molecule has 0 bridgehead atoms. The van der Waals surface area contributed by atoms with Gasteiger partial charge in [-0.1, -0.05) is 23.7 Å². The molecule has 26 heavy (non-hydrogen) atoms. The number of halogens is 1. The fourth-order valence-corrected chi connectivity index (χ4v) is 2.88. The Bertz CT molecular complexity index is 942. The van der Waals surface area contributed by atoms with Gasteiger partial charge in [0.1, 0.15) is 5.75 Å². The standard InChI is InChI=1S/C17H16ClNO6S/c1-24-15-6-4-3-5-14(15)19-16(20)10-25-17(21)12-9-11(26(2,22)23)7-8-13(12)18/h3-9H,10H2,1-2H3,(H,19,20). The van der Waals surface area contributed by atoms with Crippen LogP contribution in [-0.2, 0) is 19.4 Å². The molecule has 0 fully saturated rings. The molecule has 1 N–H and O–H groups in total. The molecular weight excluding hydrogens is 382 g/mol. The maximum atomic E-state index is 12.1. The number of methoxy groups -OCH3 is 1. The van der Waals surface area contributed by atoms with E-state index in [0.29, 0.717) is 11.4 Å². The van der Waals surface area contributed by atoms with Crippen LogP contribution >= 0.6 is 11.6 Å². The van der Waals surface area contributed by atoms with E-state index < -0.39 is 28.3 Å². The summed E-state index contributed by atoms with van der Waals surface area (Å²) in [5.74, 6) is -1.04. The van der Waals surface area contributed by atoms with Gasteiger partial charge in [0.05, 0.1) is 28.3 Å². The van der Waals surface area contributed by atoms with Crippen molar-refractivity contribution in [3.05, 3.63) is 53.1 Å². The molecule has 138 valence electrons. The minimum absolute atomic E-state index is 0.0209. The van der Waals surface area contributed by atoms with Crippen LogP contribution in [0.3, 0.4) is 0 Å². The molecule has 0 unspecified atom stereocenters. The molecule has 2 aromatic rings. The summed E-state index contributed by atoms with van der Waals surface area (Å²) >= 11 is 5.91. The molecule has 0 atom stereocenters. The highest BCUT2D eigenvalue weighted by Gasteiger charge is 2.18. The second-order valence-electron chi connectivity index (χ2n) is 5.24. The largest absolute Gasteiger partial charge is 0.495 e. The first-order valence-corrected chi connectivity index (χ1v) is 9.59. The van der Waals surface area contributed by atoms with E-state index in [-0.39, 0.29) is 15.5 Å². The van der Waals surface area contributed by atoms with Crippen molar-refractivity contribution in [3.8, 4) is 5.75 Å². The number of sulfone groups is 1. The SMILES string of the molecule is COc1ccccc1NC(=O)COC(=O)c1cc(S(C)(=O)=O)ccc1Cl. The van der Waals surface area contributed by atoms with Crippen LogP contribution in [0.15, 0.2) is 47.4 Å². The maximum Gasteiger partial charge on any atom is 0.340 e. The van der Waals surface area contributed by atoms with E-state index >= 15 is 0 Å². The van der Waals surface area contributed by atoms with Crippen LogP contribution in [-0.4, -0.2) is 40.3 Å². The van der Waals surface area contributed by atoms with Gasteiger partial charge in [0.15, 0.2) is 16.4 Å². The van der Waals surface area contributed by atoms with Crippen molar-refractivity contribution in [2.75, 3.05) is 25.3 Å². The Morgan fingerprint density at radius 2 is 1.85 bits per heavy atom. The second-order valence-corrected chi connectivity index (χ2v) is 7.66. The Kier molecular flexibility index (Phi) is 6.23. The van der Waals surface area contributed by atoms with Crippen LogP contribution in [0.1, 0.15) is 10.4 Å². The van der Waals surface area contributed by atoms with Gasteiger partial charge in [-0.25, -0.2) is 13.2 Å². The van der Waals surface area contributed by atoms with Crippen molar-refractivity contribution in [2.45, 2.75) is 4.90 Å². The molecule has 0 saturated heterocycles. The third kappa shape index (κ3) is 4.96. The lowest BCUT2D eigenvalue weighted by Gasteiger charge is -2.10. The molecule has 9 heteroatoms. The van der Waals surface area contributed by atoms with Crippen molar-refractivity contribution in [1.29, 1.82) is 0 Å². The van der Waals surface area contributed by atoms with E-state index in [1.165, 1.54) is 19.2 Å². The predicted molar refractivity (Wildman–Crippen MR) is 96.5 cm³/mol. The molecule has 2 rings (SSSR count). The smallest absolute Gasteiger partial charge is 0.340 e. The van der Waals surface area contributed by atoms with Gasteiger partial charge in [0.25, 0.3) is 5.91 Å². The second kappa shape index (κ2) is 8.20. The number of amides is 1. The van der Waals surface area contributed by atoms with Gasteiger partial charge in [0.2, 0.25) is 0 Å². The third-order valence-electron chi connectivity index (χ3n) is 3.30. The predicted octanol–water partition coefficient (Wildman–Crippen LogP) is 2.55. The maximum absolute atomic E-state index is 12.1. The lowest BCUT2D eigenvalue weighted by molar-refractivity contribution is -0.119. The average Bonchev–Trinajstić information content (AvgIpc) is 2.59. The van der Waals surface area contributed by atoms with Gasteiger partial charge < -0.3 is 14.8 Å². The first-order chi connectivity index (χ1) is 12.2. The number of hydrogen-bond donors (Lipinski definition) is 1. The Balaban J connectivity index is 2.06. The van der Waals surface area contributed by atoms with Crippen LogP contribution in [0.25, 0.3) is 0 Å². The molecule has 0 spiro atoms. The highest BCUT2D eigenvalue weighted by atomic mass is 35.5. The molecule has 0 heterocycles. The number of esters is 1. The monoisotopic (exact) mass is 397 g/mol. The molecule has 1 amide bonds. The van der Waals surface area contributed by atoms with E-state index in [2.05, 4.69) is 5.32 Å². The summed E-state index contributed by atoms with van der Waals surface area (Å²) in [7, 11) is -2.05. The normalized spacial score (nSPS) is 10.9. The van der Waals surface area contributed by atoms with Crippen molar-refractivity contribution in [1.82, 2.24) is 0 Å². The zero-order chi connectivity index (χ0) is 19.3. The highest BCUT2D eigenvalue weighted by molar-refractivity contribution is 7.90. The number of hydrogen-bond acceptors (Lipinski definition) is 6. The number of nitrogens with one attached hydrogen (secondary N) is 1. The number of rotatable bonds is 6. The van der Waals surface area contributed by atoms with Gasteiger partial charge in [-0.15, -0.1) is 0 Å². The third-order valence-corrected chi connectivity index (χ3v) is 4.74. The first-order valence-electron chi connectivity index (χ1n) is 7.32. The molecule has 0 aliphatic heterocycles. The zero-order valence-corrected chi connectivity index (χ0v) is 15.6. The summed E-state index contributed by atoms with van der Waals surface area (Å²) < 4.78 is 33.2. The summed E-state index contributed by atoms with van der Waals surface area (Å²) in [6.07, 6.45) is 1.01. The summed E-state index contributed by atoms with van der Waals surface area (Å²) in [6.45, 7) is -0.573. The number of anilines is 1. The molecule has 0 aromatic heterocycles. The minimum Gasteiger partial charge on any atom is -0.495 e. The van der Waals surface area contributed by atoms with Gasteiger partial charge >= 0.3 is 5.97 Å². The minimum atomic E-state index is -3.51. The topological polar surface area (TPSA) is 98.8 Å². The number of carbonyl (C=O) groups is 2. The van der Waals surface area contributed by atoms with Crippen LogP contribution in [0.4, 0.5) is 5.69 Å². The molecule has 2 aromatic carbocycles. The van der Waals surface area contributed by atoms with E-state index in [0.717, 1.165) is 12.3 Å². The average molecular weight is 398 g/mol. The van der Waals surface area contributed by atoms with E-state index in [9.17, 15) is 18.0 Å². The van der Waals surface area contributed by atoms with Crippen LogP contribution in [0, 0.1) is 0 Å². The number of para-hydroxylation sites is 2. The molecule has 0 radical (unpaired) electrons. The Morgan fingerprint density at radius 1 is 1.15 bits per heavy atom. The van der Waals surface area contributed by atoms with Crippen LogP contribution in [0.5, 0.6) is 5.75 Å². The van der Waals surface area contributed by atoms with E-state index in [4.69, 9.17) is 21.1 Å². The van der Waals surface area contributed by atoms with Gasteiger partial charge in [0, 0.05) is 6.26 Å². The molecule has 0 aliphatic carbocycles. The number of carbonyl (C=O) groups excluding carboxylic acids is 2. The van der Waals surface area contributed by atoms with Crippen molar-refractivity contribution in [3.63, 3.8) is 0 Å². The lowest BCUT2D eigenvalue weighted by atomic mass is 10.2. The van der Waals surface area contributed by atoms with Gasteiger partial charge in [-0.3, -0.25) is 4.79 Å². The fraction of sp³-hybridized carbons (Fsp3) is 0.176. The quantitative estimate of drug-likeness (QED) is 0.752. The summed E-state index contributed by atoms with van der Waals surface area (Å²) in [5, 5.41) is 2.57. The van der Waals surface area contributed by atoms with Gasteiger partial charge in [-0.05, 0) is 30.3 Å². The van der Waals surface area contributed by atoms with E-state index in [1.807, 2.05) is 0 Å². The molecule has 0 saturated carbocycles. The molecular formula is C17H16ClNO6S. The van der Waals surface area contributed by atoms with Crippen LogP contribution < -0.4 is 10.1 Å².